The summed E-state index contributed by atoms with van der Waals surface area (Å²) in [4.78, 5) is 20.3. The number of esters is 1. The minimum atomic E-state index is -0.361. The number of nitrogens with one attached hydrogen (secondary N) is 1. The maximum Gasteiger partial charge on any atom is 0.303 e. The zero-order valence-electron chi connectivity index (χ0n) is 23.7. The number of pyridine rings is 2. The van der Waals surface area contributed by atoms with Gasteiger partial charge in [0.1, 0.15) is 23.8 Å². The van der Waals surface area contributed by atoms with E-state index >= 15 is 0 Å². The number of aromatic nitrogens is 4. The highest BCUT2D eigenvalue weighted by Gasteiger charge is 2.14. The molecule has 1 N–H and O–H groups in total. The van der Waals surface area contributed by atoms with Crippen molar-refractivity contribution in [1.82, 2.24) is 20.2 Å². The molecule has 0 radical (unpaired) electrons. The van der Waals surface area contributed by atoms with E-state index in [1.165, 1.54) is 6.92 Å². The third-order valence-corrected chi connectivity index (χ3v) is 6.71. The number of carbonyl (C=O) groups excluding carboxylic acids is 1. The Kier molecular flexibility index (Phi) is 7.64. The number of nitrogens with zero attached hydrogens (tertiary/aromatic N) is 4. The van der Waals surface area contributed by atoms with Gasteiger partial charge in [-0.15, -0.1) is 10.2 Å². The summed E-state index contributed by atoms with van der Waals surface area (Å²) in [7, 11) is 3.18. The van der Waals surface area contributed by atoms with Crippen molar-refractivity contribution in [1.29, 1.82) is 0 Å². The van der Waals surface area contributed by atoms with Crippen LogP contribution in [-0.2, 0) is 16.1 Å². The number of hydrogen-bond donors (Lipinski definition) is 1. The highest BCUT2D eigenvalue weighted by molar-refractivity contribution is 6.00. The molecule has 0 aliphatic heterocycles. The normalized spacial score (nSPS) is 10.9. The van der Waals surface area contributed by atoms with Crippen molar-refractivity contribution in [2.24, 2.45) is 0 Å². The largest absolute Gasteiger partial charge is 0.493 e. The fourth-order valence-electron chi connectivity index (χ4n) is 4.66. The lowest BCUT2D eigenvalue weighted by Gasteiger charge is -2.13. The lowest BCUT2D eigenvalue weighted by atomic mass is 10.1. The second-order valence-electron chi connectivity index (χ2n) is 9.52. The van der Waals surface area contributed by atoms with Gasteiger partial charge in [0.15, 0.2) is 17.3 Å². The van der Waals surface area contributed by atoms with Gasteiger partial charge in [0.2, 0.25) is 0 Å². The monoisotopic (exact) mass is 573 g/mol. The van der Waals surface area contributed by atoms with Gasteiger partial charge in [0.05, 0.1) is 31.1 Å². The van der Waals surface area contributed by atoms with Gasteiger partial charge in [-0.1, -0.05) is 30.3 Å². The van der Waals surface area contributed by atoms with Crippen LogP contribution in [0.4, 0.5) is 11.5 Å². The Hall–Kier alpha value is -5.77. The predicted molar refractivity (Wildman–Crippen MR) is 163 cm³/mol. The number of hydrogen-bond acceptors (Lipinski definition) is 10. The second kappa shape index (κ2) is 12.0. The molecule has 3 heterocycles. The van der Waals surface area contributed by atoms with Crippen LogP contribution >= 0.6 is 0 Å². The summed E-state index contributed by atoms with van der Waals surface area (Å²) in [6.07, 6.45) is 1.69. The molecule has 0 amide bonds. The van der Waals surface area contributed by atoms with Crippen LogP contribution in [0.25, 0.3) is 33.1 Å². The van der Waals surface area contributed by atoms with Crippen molar-refractivity contribution in [3.8, 4) is 34.4 Å². The van der Waals surface area contributed by atoms with E-state index in [1.54, 1.807) is 26.5 Å². The molecule has 3 aromatic carbocycles. The summed E-state index contributed by atoms with van der Waals surface area (Å²) in [5, 5.41) is 14.9. The molecule has 214 valence electrons. The molecule has 0 saturated heterocycles. The molecule has 0 aliphatic carbocycles. The smallest absolute Gasteiger partial charge is 0.303 e. The molecule has 6 rings (SSSR count). The molecule has 0 atom stereocenters. The summed E-state index contributed by atoms with van der Waals surface area (Å²) >= 11 is 0. The van der Waals surface area contributed by atoms with Crippen LogP contribution in [0.15, 0.2) is 91.1 Å². The van der Waals surface area contributed by atoms with Crippen LogP contribution in [0.5, 0.6) is 23.0 Å². The minimum absolute atomic E-state index is 0.0915. The Morgan fingerprint density at radius 2 is 1.56 bits per heavy atom. The highest BCUT2D eigenvalue weighted by atomic mass is 16.5. The van der Waals surface area contributed by atoms with Crippen molar-refractivity contribution < 1.29 is 23.7 Å². The third-order valence-electron chi connectivity index (χ3n) is 6.71. The van der Waals surface area contributed by atoms with Gasteiger partial charge >= 0.3 is 5.97 Å². The van der Waals surface area contributed by atoms with Crippen LogP contribution < -0.4 is 19.5 Å². The van der Waals surface area contributed by atoms with E-state index in [1.807, 2.05) is 78.9 Å². The molecule has 0 fully saturated rings. The van der Waals surface area contributed by atoms with Crippen molar-refractivity contribution in [3.63, 3.8) is 0 Å². The molecular formula is C33H27N5O5. The first kappa shape index (κ1) is 27.4. The Balaban J connectivity index is 1.24. The van der Waals surface area contributed by atoms with Crippen molar-refractivity contribution in [2.75, 3.05) is 19.5 Å². The topological polar surface area (TPSA) is 118 Å². The van der Waals surface area contributed by atoms with E-state index in [0.717, 1.165) is 27.4 Å². The van der Waals surface area contributed by atoms with Crippen LogP contribution in [0.1, 0.15) is 12.6 Å². The molecular weight excluding hydrogens is 546 g/mol. The molecule has 0 saturated carbocycles. The summed E-state index contributed by atoms with van der Waals surface area (Å²) < 4.78 is 22.2. The van der Waals surface area contributed by atoms with Gasteiger partial charge in [-0.3, -0.25) is 9.78 Å². The Labute approximate surface area is 247 Å². The van der Waals surface area contributed by atoms with E-state index in [2.05, 4.69) is 25.5 Å². The Bertz CT molecular complexity index is 1950. The lowest BCUT2D eigenvalue weighted by Crippen LogP contribution is -2.03. The maximum absolute atomic E-state index is 11.2. The molecule has 6 aromatic rings. The van der Waals surface area contributed by atoms with Crippen molar-refractivity contribution in [2.45, 2.75) is 13.5 Å². The average molecular weight is 574 g/mol. The first-order chi connectivity index (χ1) is 21.0. The molecule has 0 unspecified atom stereocenters. The van der Waals surface area contributed by atoms with E-state index in [9.17, 15) is 4.79 Å². The molecule has 0 aliphatic rings. The fraction of sp³-hybridized carbons (Fsp3) is 0.121. The van der Waals surface area contributed by atoms with Gasteiger partial charge in [-0.25, -0.2) is 4.98 Å². The highest BCUT2D eigenvalue weighted by Crippen LogP contribution is 2.37. The lowest BCUT2D eigenvalue weighted by molar-refractivity contribution is -0.142. The number of ether oxygens (including phenoxy) is 4. The van der Waals surface area contributed by atoms with Crippen molar-refractivity contribution >= 4 is 39.1 Å². The molecule has 10 nitrogen and oxygen atoms in total. The average Bonchev–Trinajstić information content (AvgIpc) is 3.04. The van der Waals surface area contributed by atoms with Crippen LogP contribution in [0.2, 0.25) is 0 Å². The molecule has 43 heavy (non-hydrogen) atoms. The van der Waals surface area contributed by atoms with Crippen LogP contribution in [0.3, 0.4) is 0 Å². The summed E-state index contributed by atoms with van der Waals surface area (Å²) in [6.45, 7) is 1.46. The summed E-state index contributed by atoms with van der Waals surface area (Å²) in [5.74, 6) is 2.73. The predicted octanol–water partition coefficient (Wildman–Crippen LogP) is 6.86. The summed E-state index contributed by atoms with van der Waals surface area (Å²) in [5.41, 5.74) is 3.44. The minimum Gasteiger partial charge on any atom is -0.493 e. The van der Waals surface area contributed by atoms with Crippen molar-refractivity contribution in [3.05, 3.63) is 96.8 Å². The second-order valence-corrected chi connectivity index (χ2v) is 9.52. The number of methoxy groups -OCH3 is 2. The van der Waals surface area contributed by atoms with Gasteiger partial charge < -0.3 is 24.3 Å². The zero-order valence-corrected chi connectivity index (χ0v) is 23.7. The first-order valence-electron chi connectivity index (χ1n) is 13.4. The van der Waals surface area contributed by atoms with E-state index < -0.39 is 0 Å². The first-order valence-corrected chi connectivity index (χ1v) is 13.4. The SMILES string of the molecule is COc1cc2nccc(Oc3ccc(Nc4nnc(-c5cccc(COC(C)=O)n5)c5ccccc45)cc3)c2cc1OC. The molecule has 10 heteroatoms. The van der Waals surface area contributed by atoms with Gasteiger partial charge in [0.25, 0.3) is 0 Å². The zero-order chi connectivity index (χ0) is 29.8. The van der Waals surface area contributed by atoms with Crippen LogP contribution in [-0.4, -0.2) is 40.4 Å². The van der Waals surface area contributed by atoms with Gasteiger partial charge in [-0.05, 0) is 48.5 Å². The third kappa shape index (κ3) is 5.84. The quantitative estimate of drug-likeness (QED) is 0.184. The van der Waals surface area contributed by atoms with Crippen LogP contribution in [0, 0.1) is 0 Å². The molecule has 0 bridgehead atoms. The van der Waals surface area contributed by atoms with E-state index in [-0.39, 0.29) is 12.6 Å². The summed E-state index contributed by atoms with van der Waals surface area (Å²) in [6, 6.07) is 26.4. The fourth-order valence-corrected chi connectivity index (χ4v) is 4.66. The Morgan fingerprint density at radius 1 is 0.791 bits per heavy atom. The molecule has 0 spiro atoms. The number of benzene rings is 3. The molecule has 3 aromatic heterocycles. The number of carbonyl (C=O) groups is 1. The standard InChI is InChI=1S/C33H27N5O5/c1-20(39)42-19-22-7-6-10-27(35-22)32-24-8-4-5-9-25(24)33(38-37-32)36-21-11-13-23(14-12-21)43-29-15-16-34-28-18-31(41-3)30(40-2)17-26(28)29/h4-18H,19H2,1-3H3,(H,36,38). The van der Waals surface area contributed by atoms with E-state index in [4.69, 9.17) is 18.9 Å². The number of anilines is 2. The van der Waals surface area contributed by atoms with Gasteiger partial charge in [0, 0.05) is 41.0 Å². The van der Waals surface area contributed by atoms with E-state index in [0.29, 0.717) is 45.9 Å². The number of rotatable bonds is 9. The number of fused-ring (bicyclic) bond motifs is 2. The maximum atomic E-state index is 11.2. The van der Waals surface area contributed by atoms with Gasteiger partial charge in [-0.2, -0.15) is 0 Å². The Morgan fingerprint density at radius 3 is 2.33 bits per heavy atom.